The lowest BCUT2D eigenvalue weighted by atomic mass is 9.97. The molecular weight excluding hydrogens is 242 g/mol. The number of benzene rings is 1. The van der Waals surface area contributed by atoms with Crippen LogP contribution in [0.1, 0.15) is 39.3 Å². The van der Waals surface area contributed by atoms with Crippen LogP contribution in [0.3, 0.4) is 0 Å². The average molecular weight is 265 g/mol. The number of aliphatic carboxylic acids is 1. The molecule has 106 valence electrons. The molecule has 0 radical (unpaired) electrons. The second-order valence-corrected chi connectivity index (χ2v) is 5.10. The van der Waals surface area contributed by atoms with Crippen LogP contribution in [0.15, 0.2) is 24.3 Å². The van der Waals surface area contributed by atoms with E-state index in [0.29, 0.717) is 6.54 Å². The largest absolute Gasteiger partial charge is 0.497 e. The van der Waals surface area contributed by atoms with Gasteiger partial charge in [0.1, 0.15) is 11.3 Å². The summed E-state index contributed by atoms with van der Waals surface area (Å²) in [6.45, 7) is 8.14. The van der Waals surface area contributed by atoms with Crippen LogP contribution in [0.4, 0.5) is 0 Å². The molecule has 1 aromatic carbocycles. The Morgan fingerprint density at radius 2 is 1.89 bits per heavy atom. The van der Waals surface area contributed by atoms with E-state index in [0.717, 1.165) is 11.3 Å². The van der Waals surface area contributed by atoms with Crippen molar-refractivity contribution < 1.29 is 14.6 Å². The second-order valence-electron chi connectivity index (χ2n) is 5.10. The Bertz CT molecular complexity index is 426. The monoisotopic (exact) mass is 265 g/mol. The van der Waals surface area contributed by atoms with Gasteiger partial charge in [-0.15, -0.1) is 0 Å². The number of hydrogen-bond donors (Lipinski definition) is 1. The summed E-state index contributed by atoms with van der Waals surface area (Å²) in [5, 5.41) is 9.36. The summed E-state index contributed by atoms with van der Waals surface area (Å²) in [6, 6.07) is 7.77. The summed E-state index contributed by atoms with van der Waals surface area (Å²) < 4.78 is 5.13. The lowest BCUT2D eigenvalue weighted by Gasteiger charge is -2.39. The summed E-state index contributed by atoms with van der Waals surface area (Å²) in [7, 11) is 1.63. The van der Waals surface area contributed by atoms with Gasteiger partial charge in [-0.2, -0.15) is 0 Å². The highest BCUT2D eigenvalue weighted by molar-refractivity contribution is 5.77. The highest BCUT2D eigenvalue weighted by atomic mass is 16.5. The zero-order valence-electron chi connectivity index (χ0n) is 12.3. The summed E-state index contributed by atoms with van der Waals surface area (Å²) in [5.74, 6) is -0.00814. The molecule has 0 saturated carbocycles. The number of ether oxygens (including phenoxy) is 1. The van der Waals surface area contributed by atoms with Gasteiger partial charge >= 0.3 is 5.97 Å². The maximum absolute atomic E-state index is 11.4. The highest BCUT2D eigenvalue weighted by Crippen LogP contribution is 2.29. The lowest BCUT2D eigenvalue weighted by molar-refractivity contribution is -0.150. The Kier molecular flexibility index (Phi) is 4.95. The topological polar surface area (TPSA) is 49.8 Å². The van der Waals surface area contributed by atoms with Gasteiger partial charge in [0, 0.05) is 6.04 Å². The quantitative estimate of drug-likeness (QED) is 0.859. The summed E-state index contributed by atoms with van der Waals surface area (Å²) in [5.41, 5.74) is 0.186. The molecule has 0 aromatic heterocycles. The molecule has 4 heteroatoms. The minimum absolute atomic E-state index is 0.0296. The number of carbonyl (C=O) groups is 1. The van der Waals surface area contributed by atoms with Gasteiger partial charge in [-0.3, -0.25) is 9.69 Å². The fourth-order valence-corrected chi connectivity index (χ4v) is 2.34. The number of likely N-dealkylation sites (N-methyl/N-ethyl adjacent to an activating group) is 1. The van der Waals surface area contributed by atoms with Crippen molar-refractivity contribution in [1.82, 2.24) is 4.90 Å². The fraction of sp³-hybridized carbons (Fsp3) is 0.533. The molecule has 1 aromatic rings. The van der Waals surface area contributed by atoms with Crippen molar-refractivity contribution in [3.8, 4) is 5.75 Å². The van der Waals surface area contributed by atoms with Crippen molar-refractivity contribution in [1.29, 1.82) is 0 Å². The average Bonchev–Trinajstić information content (AvgIpc) is 2.39. The maximum atomic E-state index is 11.4. The first-order chi connectivity index (χ1) is 8.84. The van der Waals surface area contributed by atoms with E-state index in [4.69, 9.17) is 4.74 Å². The molecule has 19 heavy (non-hydrogen) atoms. The van der Waals surface area contributed by atoms with E-state index in [9.17, 15) is 9.90 Å². The molecule has 0 saturated heterocycles. The molecule has 1 rings (SSSR count). The van der Waals surface area contributed by atoms with Crippen LogP contribution in [0.2, 0.25) is 0 Å². The van der Waals surface area contributed by atoms with Crippen LogP contribution < -0.4 is 4.74 Å². The molecule has 0 fully saturated rings. The third kappa shape index (κ3) is 3.26. The van der Waals surface area contributed by atoms with Crippen LogP contribution in [0.25, 0.3) is 0 Å². The Morgan fingerprint density at radius 3 is 2.26 bits per heavy atom. The van der Waals surface area contributed by atoms with Crippen LogP contribution in [-0.4, -0.2) is 35.2 Å². The second kappa shape index (κ2) is 6.06. The number of methoxy groups -OCH3 is 1. The van der Waals surface area contributed by atoms with Crippen LogP contribution >= 0.6 is 0 Å². The molecule has 0 heterocycles. The van der Waals surface area contributed by atoms with Crippen molar-refractivity contribution in [2.24, 2.45) is 0 Å². The first kappa shape index (κ1) is 15.5. The predicted octanol–water partition coefficient (Wildman–Crippen LogP) is 2.94. The van der Waals surface area contributed by atoms with Crippen molar-refractivity contribution in [2.45, 2.75) is 39.3 Å². The molecule has 1 atom stereocenters. The van der Waals surface area contributed by atoms with E-state index in [1.54, 1.807) is 21.0 Å². The van der Waals surface area contributed by atoms with E-state index >= 15 is 0 Å². The molecule has 0 aliphatic rings. The molecule has 0 amide bonds. The van der Waals surface area contributed by atoms with Gasteiger partial charge in [-0.25, -0.2) is 0 Å². The molecule has 0 aliphatic heterocycles. The number of rotatable bonds is 6. The van der Waals surface area contributed by atoms with Gasteiger partial charge in [-0.1, -0.05) is 19.1 Å². The van der Waals surface area contributed by atoms with Gasteiger partial charge in [0.2, 0.25) is 0 Å². The lowest BCUT2D eigenvalue weighted by Crippen LogP contribution is -2.50. The van der Waals surface area contributed by atoms with Crippen molar-refractivity contribution in [3.05, 3.63) is 29.8 Å². The predicted molar refractivity (Wildman–Crippen MR) is 75.5 cm³/mol. The highest BCUT2D eigenvalue weighted by Gasteiger charge is 2.36. The summed E-state index contributed by atoms with van der Waals surface area (Å²) >= 11 is 0. The Balaban J connectivity index is 3.01. The smallest absolute Gasteiger partial charge is 0.323 e. The van der Waals surface area contributed by atoms with Crippen molar-refractivity contribution >= 4 is 5.97 Å². The first-order valence-corrected chi connectivity index (χ1v) is 6.48. The molecule has 1 N–H and O–H groups in total. The zero-order valence-corrected chi connectivity index (χ0v) is 12.3. The van der Waals surface area contributed by atoms with E-state index in [-0.39, 0.29) is 6.04 Å². The SMILES string of the molecule is CCN(C(C)c1ccc(OC)cc1)C(C)(C)C(=O)O. The number of nitrogens with zero attached hydrogens (tertiary/aromatic N) is 1. The van der Waals surface area contributed by atoms with Crippen molar-refractivity contribution in [3.63, 3.8) is 0 Å². The van der Waals surface area contributed by atoms with Gasteiger partial charge in [0.25, 0.3) is 0 Å². The van der Waals surface area contributed by atoms with Gasteiger partial charge in [0.05, 0.1) is 7.11 Å². The molecule has 0 aliphatic carbocycles. The van der Waals surface area contributed by atoms with Gasteiger partial charge in [-0.05, 0) is 45.0 Å². The third-order valence-corrected chi connectivity index (χ3v) is 3.65. The van der Waals surface area contributed by atoms with Crippen LogP contribution in [0, 0.1) is 0 Å². The molecule has 0 bridgehead atoms. The Labute approximate surface area is 115 Å². The minimum Gasteiger partial charge on any atom is -0.497 e. The standard InChI is InChI=1S/C15H23NO3/c1-6-16(15(3,4)14(17)18)11(2)12-7-9-13(19-5)10-8-12/h7-11H,6H2,1-5H3,(H,17,18). The third-order valence-electron chi connectivity index (χ3n) is 3.65. The molecule has 1 unspecified atom stereocenters. The first-order valence-electron chi connectivity index (χ1n) is 6.48. The van der Waals surface area contributed by atoms with Crippen LogP contribution in [-0.2, 0) is 4.79 Å². The van der Waals surface area contributed by atoms with E-state index in [1.165, 1.54) is 0 Å². The maximum Gasteiger partial charge on any atom is 0.323 e. The van der Waals surface area contributed by atoms with E-state index in [2.05, 4.69) is 0 Å². The Hall–Kier alpha value is -1.55. The number of carboxylic acid groups (broad SMARTS) is 1. The van der Waals surface area contributed by atoms with Gasteiger partial charge < -0.3 is 9.84 Å². The fourth-order valence-electron chi connectivity index (χ4n) is 2.34. The summed E-state index contributed by atoms with van der Waals surface area (Å²) in [4.78, 5) is 13.4. The summed E-state index contributed by atoms with van der Waals surface area (Å²) in [6.07, 6.45) is 0. The van der Waals surface area contributed by atoms with E-state index in [1.807, 2.05) is 43.0 Å². The van der Waals surface area contributed by atoms with Crippen LogP contribution in [0.5, 0.6) is 5.75 Å². The minimum atomic E-state index is -0.895. The Morgan fingerprint density at radius 1 is 1.37 bits per heavy atom. The molecule has 0 spiro atoms. The normalized spacial score (nSPS) is 13.4. The zero-order chi connectivity index (χ0) is 14.6. The molecular formula is C15H23NO3. The molecule has 4 nitrogen and oxygen atoms in total. The van der Waals surface area contributed by atoms with Gasteiger partial charge in [0.15, 0.2) is 0 Å². The van der Waals surface area contributed by atoms with Crippen molar-refractivity contribution in [2.75, 3.05) is 13.7 Å². The number of carboxylic acids is 1. The number of hydrogen-bond acceptors (Lipinski definition) is 3. The van der Waals surface area contributed by atoms with E-state index < -0.39 is 11.5 Å².